The molecule has 11 heteroatoms. The number of ether oxygens (including phenoxy) is 2. The number of rotatable bonds is 5. The number of aromatic nitrogens is 1. The topological polar surface area (TPSA) is 86.8 Å². The number of hydroxylamine groups is 1. The molecule has 144 valence electrons. The lowest BCUT2D eigenvalue weighted by Crippen LogP contribution is -2.17. The average molecular weight is 402 g/mol. The number of halogens is 3. The number of alkyl halides is 3. The van der Waals surface area contributed by atoms with Crippen LogP contribution in [0.4, 0.5) is 13.2 Å². The molecule has 0 bridgehead atoms. The summed E-state index contributed by atoms with van der Waals surface area (Å²) < 4.78 is 68.5. The molecule has 2 aromatic rings. The molecular weight excluding hydrogens is 389 g/mol. The van der Waals surface area contributed by atoms with Gasteiger partial charge in [-0.05, 0) is 29.8 Å². The Morgan fingerprint density at radius 3 is 2.33 bits per heavy atom. The summed E-state index contributed by atoms with van der Waals surface area (Å²) in [5, 5.41) is -0.0847. The Balaban J connectivity index is 1.66. The van der Waals surface area contributed by atoms with Crippen LogP contribution in [0.5, 0.6) is 11.5 Å². The van der Waals surface area contributed by atoms with Gasteiger partial charge in [0.2, 0.25) is 5.88 Å². The number of hydrogen-bond acceptors (Lipinski definition) is 7. The molecule has 0 fully saturated rings. The monoisotopic (exact) mass is 402 g/mol. The molecule has 1 aromatic heterocycles. The second-order valence-electron chi connectivity index (χ2n) is 5.49. The minimum atomic E-state index is -4.76. The zero-order chi connectivity index (χ0) is 19.7. The van der Waals surface area contributed by atoms with Gasteiger partial charge in [0, 0.05) is 12.3 Å². The van der Waals surface area contributed by atoms with E-state index in [9.17, 15) is 21.6 Å². The summed E-state index contributed by atoms with van der Waals surface area (Å²) in [7, 11) is -3.41. The van der Waals surface area contributed by atoms with Gasteiger partial charge < -0.3 is 9.47 Å². The summed E-state index contributed by atoms with van der Waals surface area (Å²) in [5.74, 6) is 0.165. The number of hydrogen-bond donors (Lipinski definition) is 1. The van der Waals surface area contributed by atoms with Gasteiger partial charge in [-0.1, -0.05) is 12.1 Å². The quantitative estimate of drug-likeness (QED) is 0.823. The van der Waals surface area contributed by atoms with Gasteiger partial charge in [0.05, 0.1) is 6.20 Å². The van der Waals surface area contributed by atoms with Crippen LogP contribution in [-0.4, -0.2) is 26.0 Å². The Morgan fingerprint density at radius 2 is 1.78 bits per heavy atom. The first-order chi connectivity index (χ1) is 12.6. The molecular formula is C16H13F3N2O5S. The van der Waals surface area contributed by atoms with E-state index in [0.29, 0.717) is 5.56 Å². The van der Waals surface area contributed by atoms with Crippen LogP contribution in [0, 0.1) is 0 Å². The molecule has 1 aliphatic rings. The molecule has 1 N–H and O–H groups in total. The van der Waals surface area contributed by atoms with E-state index in [-0.39, 0.29) is 22.4 Å². The van der Waals surface area contributed by atoms with Crippen molar-refractivity contribution in [1.82, 2.24) is 10.5 Å². The van der Waals surface area contributed by atoms with Crippen molar-refractivity contribution < 1.29 is 35.9 Å². The van der Waals surface area contributed by atoms with Crippen LogP contribution in [0.1, 0.15) is 11.7 Å². The molecule has 0 spiro atoms. The summed E-state index contributed by atoms with van der Waals surface area (Å²) in [6.07, 6.45) is -1.50. The van der Waals surface area contributed by atoms with Crippen molar-refractivity contribution in [2.75, 3.05) is 6.26 Å². The fourth-order valence-corrected chi connectivity index (χ4v) is 2.74. The van der Waals surface area contributed by atoms with Crippen LogP contribution in [0.25, 0.3) is 0 Å². The number of nitrogens with one attached hydrogen (secondary N) is 1. The average Bonchev–Trinajstić information content (AvgIpc) is 3.02. The third-order valence-corrected chi connectivity index (χ3v) is 4.35. The van der Waals surface area contributed by atoms with Crippen LogP contribution in [0.3, 0.4) is 0 Å². The van der Waals surface area contributed by atoms with Gasteiger partial charge in [-0.2, -0.15) is 0 Å². The van der Waals surface area contributed by atoms with Gasteiger partial charge in [-0.25, -0.2) is 18.9 Å². The highest BCUT2D eigenvalue weighted by Crippen LogP contribution is 2.29. The van der Waals surface area contributed by atoms with Crippen LogP contribution in [0.2, 0.25) is 0 Å². The van der Waals surface area contributed by atoms with Crippen molar-refractivity contribution in [2.24, 2.45) is 0 Å². The zero-order valence-corrected chi connectivity index (χ0v) is 14.5. The normalized spacial score (nSPS) is 17.2. The van der Waals surface area contributed by atoms with Crippen LogP contribution >= 0.6 is 0 Å². The second kappa shape index (κ2) is 7.08. The SMILES string of the molecule is CS(=O)(=O)c1ccc(OC2=C[C@H](c3ccc(OC(F)(F)F)cc3)ON2)cn1. The maximum absolute atomic E-state index is 12.2. The van der Waals surface area contributed by atoms with E-state index in [1.807, 2.05) is 0 Å². The Labute approximate surface area is 152 Å². The fourth-order valence-electron chi connectivity index (χ4n) is 2.18. The van der Waals surface area contributed by atoms with Crippen molar-refractivity contribution in [2.45, 2.75) is 17.5 Å². The zero-order valence-electron chi connectivity index (χ0n) is 13.7. The number of nitrogens with zero attached hydrogens (tertiary/aromatic N) is 1. The van der Waals surface area contributed by atoms with Crippen LogP contribution in [0.15, 0.2) is 59.6 Å². The molecule has 0 amide bonds. The summed E-state index contributed by atoms with van der Waals surface area (Å²) in [5.41, 5.74) is 3.10. The minimum Gasteiger partial charge on any atom is -0.438 e. The van der Waals surface area contributed by atoms with Crippen molar-refractivity contribution in [3.63, 3.8) is 0 Å². The van der Waals surface area contributed by atoms with E-state index in [2.05, 4.69) is 15.2 Å². The van der Waals surface area contributed by atoms with Gasteiger partial charge in [0.1, 0.15) is 17.6 Å². The first-order valence-electron chi connectivity index (χ1n) is 7.43. The van der Waals surface area contributed by atoms with E-state index in [0.717, 1.165) is 6.26 Å². The summed E-state index contributed by atoms with van der Waals surface area (Å²) >= 11 is 0. The Morgan fingerprint density at radius 1 is 1.11 bits per heavy atom. The van der Waals surface area contributed by atoms with Crippen LogP contribution < -0.4 is 15.0 Å². The van der Waals surface area contributed by atoms with E-state index < -0.39 is 22.3 Å². The van der Waals surface area contributed by atoms with Crippen molar-refractivity contribution in [1.29, 1.82) is 0 Å². The molecule has 7 nitrogen and oxygen atoms in total. The molecule has 1 atom stereocenters. The van der Waals surface area contributed by atoms with Crippen molar-refractivity contribution >= 4 is 9.84 Å². The van der Waals surface area contributed by atoms with Gasteiger partial charge in [0.15, 0.2) is 14.9 Å². The predicted molar refractivity (Wildman–Crippen MR) is 86.1 cm³/mol. The molecule has 0 unspecified atom stereocenters. The molecule has 2 heterocycles. The Bertz CT molecular complexity index is 942. The lowest BCUT2D eigenvalue weighted by Gasteiger charge is -2.11. The highest BCUT2D eigenvalue weighted by molar-refractivity contribution is 7.90. The summed E-state index contributed by atoms with van der Waals surface area (Å²) in [6, 6.07) is 7.93. The molecule has 0 saturated carbocycles. The van der Waals surface area contributed by atoms with Crippen molar-refractivity contribution in [3.8, 4) is 11.5 Å². The van der Waals surface area contributed by atoms with E-state index >= 15 is 0 Å². The summed E-state index contributed by atoms with van der Waals surface area (Å²) in [6.45, 7) is 0. The molecule has 27 heavy (non-hydrogen) atoms. The maximum Gasteiger partial charge on any atom is 0.573 e. The van der Waals surface area contributed by atoms with E-state index in [1.54, 1.807) is 6.08 Å². The standard InChI is InChI=1S/C16H13F3N2O5S/c1-27(22,23)15-7-6-12(9-20-15)24-14-8-13(26-21-14)10-2-4-11(5-3-10)25-16(17,18)19/h2-9,13,21H,1H3/t13-/m1/s1. The smallest absolute Gasteiger partial charge is 0.438 e. The first kappa shape index (κ1) is 19.0. The largest absolute Gasteiger partial charge is 0.573 e. The fraction of sp³-hybridized carbons (Fsp3) is 0.188. The molecule has 3 rings (SSSR count). The molecule has 0 aliphatic carbocycles. The first-order valence-corrected chi connectivity index (χ1v) is 9.32. The highest BCUT2D eigenvalue weighted by atomic mass is 32.2. The second-order valence-corrected chi connectivity index (χ2v) is 7.46. The number of pyridine rings is 1. The lowest BCUT2D eigenvalue weighted by molar-refractivity contribution is -0.274. The lowest BCUT2D eigenvalue weighted by atomic mass is 10.1. The van der Waals surface area contributed by atoms with Gasteiger partial charge >= 0.3 is 6.36 Å². The van der Waals surface area contributed by atoms with Crippen LogP contribution in [-0.2, 0) is 14.7 Å². The molecule has 1 aliphatic heterocycles. The highest BCUT2D eigenvalue weighted by Gasteiger charge is 2.31. The minimum absolute atomic E-state index is 0.0847. The third kappa shape index (κ3) is 5.11. The Kier molecular flexibility index (Phi) is 4.98. The van der Waals surface area contributed by atoms with E-state index in [4.69, 9.17) is 9.57 Å². The van der Waals surface area contributed by atoms with E-state index in [1.165, 1.54) is 42.6 Å². The predicted octanol–water partition coefficient (Wildman–Crippen LogP) is 2.88. The number of benzene rings is 1. The van der Waals surface area contributed by atoms with Gasteiger partial charge in [-0.3, -0.25) is 4.84 Å². The molecule has 0 saturated heterocycles. The number of sulfone groups is 1. The van der Waals surface area contributed by atoms with Crippen molar-refractivity contribution in [3.05, 3.63) is 60.1 Å². The van der Waals surface area contributed by atoms with Gasteiger partial charge in [-0.15, -0.1) is 13.2 Å². The van der Waals surface area contributed by atoms with Gasteiger partial charge in [0.25, 0.3) is 0 Å². The Hall–Kier alpha value is -2.79. The molecule has 1 aromatic carbocycles. The maximum atomic E-state index is 12.2. The summed E-state index contributed by atoms with van der Waals surface area (Å²) in [4.78, 5) is 9.09. The third-order valence-electron chi connectivity index (χ3n) is 3.35. The molecule has 0 radical (unpaired) electrons.